The highest BCUT2D eigenvalue weighted by Crippen LogP contribution is 2.35. The van der Waals surface area contributed by atoms with Crippen molar-refractivity contribution in [2.75, 3.05) is 30.9 Å². The SMILES string of the molecule is CCNc1ncnc(N(C)c2ccccc2F)c1OC. The molecular weight excluding hydrogens is 259 g/mol. The van der Waals surface area contributed by atoms with Gasteiger partial charge >= 0.3 is 0 Å². The summed E-state index contributed by atoms with van der Waals surface area (Å²) in [5, 5.41) is 3.09. The predicted octanol–water partition coefficient (Wildman–Crippen LogP) is 2.82. The second-order valence-corrected chi connectivity index (χ2v) is 4.12. The van der Waals surface area contributed by atoms with Crippen molar-refractivity contribution < 1.29 is 9.13 Å². The number of para-hydroxylation sites is 1. The average Bonchev–Trinajstić information content (AvgIpc) is 2.47. The zero-order chi connectivity index (χ0) is 14.5. The van der Waals surface area contributed by atoms with Crippen molar-refractivity contribution in [3.05, 3.63) is 36.4 Å². The van der Waals surface area contributed by atoms with Crippen LogP contribution >= 0.6 is 0 Å². The van der Waals surface area contributed by atoms with Gasteiger partial charge in [0, 0.05) is 13.6 Å². The summed E-state index contributed by atoms with van der Waals surface area (Å²) in [4.78, 5) is 9.96. The van der Waals surface area contributed by atoms with E-state index in [1.165, 1.54) is 19.5 Å². The van der Waals surface area contributed by atoms with E-state index in [1.807, 2.05) is 6.92 Å². The first kappa shape index (κ1) is 14.0. The number of aromatic nitrogens is 2. The zero-order valence-electron chi connectivity index (χ0n) is 11.7. The maximum atomic E-state index is 13.9. The Morgan fingerprint density at radius 2 is 2.05 bits per heavy atom. The molecule has 0 spiro atoms. The molecule has 0 aliphatic rings. The van der Waals surface area contributed by atoms with Gasteiger partial charge in [0.1, 0.15) is 12.1 Å². The summed E-state index contributed by atoms with van der Waals surface area (Å²) in [6.07, 6.45) is 1.42. The molecule has 0 aliphatic heterocycles. The Bertz CT molecular complexity index is 591. The first-order chi connectivity index (χ1) is 9.69. The van der Waals surface area contributed by atoms with Gasteiger partial charge in [-0.2, -0.15) is 0 Å². The number of halogens is 1. The van der Waals surface area contributed by atoms with Crippen LogP contribution in [0.25, 0.3) is 0 Å². The van der Waals surface area contributed by atoms with Gasteiger partial charge in [-0.05, 0) is 19.1 Å². The molecule has 0 fully saturated rings. The van der Waals surface area contributed by atoms with Gasteiger partial charge in [-0.15, -0.1) is 0 Å². The standard InChI is InChI=1S/C14H17FN4O/c1-4-16-13-12(20-3)14(18-9-17-13)19(2)11-8-6-5-7-10(11)15/h5-9H,4H2,1-3H3,(H,16,17,18). The molecule has 0 aliphatic carbocycles. The Labute approximate surface area is 117 Å². The van der Waals surface area contributed by atoms with Gasteiger partial charge in [-0.1, -0.05) is 12.1 Å². The van der Waals surface area contributed by atoms with Crippen LogP contribution in [0, 0.1) is 5.82 Å². The van der Waals surface area contributed by atoms with E-state index in [-0.39, 0.29) is 5.82 Å². The van der Waals surface area contributed by atoms with E-state index < -0.39 is 0 Å². The molecule has 0 radical (unpaired) electrons. The third-order valence-electron chi connectivity index (χ3n) is 2.86. The summed E-state index contributed by atoms with van der Waals surface area (Å²) in [5.74, 6) is 1.26. The van der Waals surface area contributed by atoms with E-state index in [9.17, 15) is 4.39 Å². The third kappa shape index (κ3) is 2.64. The van der Waals surface area contributed by atoms with Gasteiger partial charge in [-0.3, -0.25) is 0 Å². The van der Waals surface area contributed by atoms with Crippen LogP contribution in [-0.4, -0.2) is 30.7 Å². The van der Waals surface area contributed by atoms with Crippen molar-refractivity contribution >= 4 is 17.3 Å². The maximum absolute atomic E-state index is 13.9. The summed E-state index contributed by atoms with van der Waals surface area (Å²) in [6.45, 7) is 2.66. The molecule has 0 unspecified atom stereocenters. The summed E-state index contributed by atoms with van der Waals surface area (Å²) in [7, 11) is 3.28. The lowest BCUT2D eigenvalue weighted by Gasteiger charge is -2.22. The highest BCUT2D eigenvalue weighted by Gasteiger charge is 2.18. The van der Waals surface area contributed by atoms with Crippen molar-refractivity contribution in [2.45, 2.75) is 6.92 Å². The van der Waals surface area contributed by atoms with E-state index in [4.69, 9.17) is 4.74 Å². The summed E-state index contributed by atoms with van der Waals surface area (Å²) >= 11 is 0. The number of hydrogen-bond acceptors (Lipinski definition) is 5. The summed E-state index contributed by atoms with van der Waals surface area (Å²) in [6, 6.07) is 6.51. The Hall–Kier alpha value is -2.37. The smallest absolute Gasteiger partial charge is 0.204 e. The molecule has 2 aromatic rings. The Balaban J connectivity index is 2.47. The number of benzene rings is 1. The molecule has 20 heavy (non-hydrogen) atoms. The number of hydrogen-bond donors (Lipinski definition) is 1. The van der Waals surface area contributed by atoms with Crippen LogP contribution in [0.2, 0.25) is 0 Å². The predicted molar refractivity (Wildman–Crippen MR) is 77.2 cm³/mol. The number of anilines is 3. The molecule has 0 saturated carbocycles. The Kier molecular flexibility index (Phi) is 4.34. The maximum Gasteiger partial charge on any atom is 0.204 e. The highest BCUT2D eigenvalue weighted by molar-refractivity contribution is 5.71. The van der Waals surface area contributed by atoms with Crippen molar-refractivity contribution in [1.82, 2.24) is 9.97 Å². The minimum atomic E-state index is -0.319. The highest BCUT2D eigenvalue weighted by atomic mass is 19.1. The molecule has 0 saturated heterocycles. The van der Waals surface area contributed by atoms with Gasteiger partial charge in [0.25, 0.3) is 0 Å². The fourth-order valence-electron chi connectivity index (χ4n) is 1.92. The van der Waals surface area contributed by atoms with Crippen LogP contribution in [0.5, 0.6) is 5.75 Å². The molecule has 0 atom stereocenters. The van der Waals surface area contributed by atoms with Crippen LogP contribution in [0.1, 0.15) is 6.92 Å². The number of rotatable bonds is 5. The molecule has 1 heterocycles. The van der Waals surface area contributed by atoms with Crippen LogP contribution in [-0.2, 0) is 0 Å². The van der Waals surface area contributed by atoms with Crippen molar-refractivity contribution in [3.8, 4) is 5.75 Å². The molecule has 6 heteroatoms. The van der Waals surface area contributed by atoms with Crippen molar-refractivity contribution in [1.29, 1.82) is 0 Å². The third-order valence-corrected chi connectivity index (χ3v) is 2.86. The van der Waals surface area contributed by atoms with Gasteiger partial charge < -0.3 is 15.0 Å². The monoisotopic (exact) mass is 276 g/mol. The quantitative estimate of drug-likeness (QED) is 0.910. The van der Waals surface area contributed by atoms with E-state index in [0.29, 0.717) is 29.6 Å². The Morgan fingerprint density at radius 3 is 2.70 bits per heavy atom. The van der Waals surface area contributed by atoms with E-state index in [2.05, 4.69) is 15.3 Å². The van der Waals surface area contributed by atoms with Gasteiger partial charge in [0.2, 0.25) is 5.75 Å². The second-order valence-electron chi connectivity index (χ2n) is 4.12. The van der Waals surface area contributed by atoms with E-state index in [1.54, 1.807) is 30.1 Å². The molecular formula is C14H17FN4O. The van der Waals surface area contributed by atoms with Crippen molar-refractivity contribution in [2.24, 2.45) is 0 Å². The summed E-state index contributed by atoms with van der Waals surface area (Å²) in [5.41, 5.74) is 0.423. The first-order valence-corrected chi connectivity index (χ1v) is 6.30. The molecule has 0 bridgehead atoms. The Morgan fingerprint density at radius 1 is 1.30 bits per heavy atom. The largest absolute Gasteiger partial charge is 0.490 e. The zero-order valence-corrected chi connectivity index (χ0v) is 11.7. The van der Waals surface area contributed by atoms with E-state index >= 15 is 0 Å². The average molecular weight is 276 g/mol. The lowest BCUT2D eigenvalue weighted by molar-refractivity contribution is 0.413. The van der Waals surface area contributed by atoms with Gasteiger partial charge in [0.05, 0.1) is 12.8 Å². The molecule has 0 amide bonds. The van der Waals surface area contributed by atoms with E-state index in [0.717, 1.165) is 0 Å². The fourth-order valence-corrected chi connectivity index (χ4v) is 1.92. The second kappa shape index (κ2) is 6.18. The molecule has 106 valence electrons. The van der Waals surface area contributed by atoms with Crippen LogP contribution in [0.3, 0.4) is 0 Å². The first-order valence-electron chi connectivity index (χ1n) is 6.30. The lowest BCUT2D eigenvalue weighted by atomic mass is 10.2. The molecule has 1 aromatic carbocycles. The number of ether oxygens (including phenoxy) is 1. The lowest BCUT2D eigenvalue weighted by Crippen LogP contribution is -2.15. The van der Waals surface area contributed by atoms with Crippen molar-refractivity contribution in [3.63, 3.8) is 0 Å². The van der Waals surface area contributed by atoms with Gasteiger partial charge in [-0.25, -0.2) is 14.4 Å². The van der Waals surface area contributed by atoms with Crippen LogP contribution in [0.4, 0.5) is 21.7 Å². The van der Waals surface area contributed by atoms with Crippen LogP contribution < -0.4 is 15.0 Å². The topological polar surface area (TPSA) is 50.3 Å². The number of nitrogens with one attached hydrogen (secondary N) is 1. The fraction of sp³-hybridized carbons (Fsp3) is 0.286. The molecule has 5 nitrogen and oxygen atoms in total. The number of methoxy groups -OCH3 is 1. The minimum absolute atomic E-state index is 0.319. The normalized spacial score (nSPS) is 10.2. The minimum Gasteiger partial charge on any atom is -0.490 e. The summed E-state index contributed by atoms with van der Waals surface area (Å²) < 4.78 is 19.2. The van der Waals surface area contributed by atoms with Crippen LogP contribution in [0.15, 0.2) is 30.6 Å². The molecule has 1 aromatic heterocycles. The number of nitrogens with zero attached hydrogens (tertiary/aromatic N) is 3. The molecule has 1 N–H and O–H groups in total. The van der Waals surface area contributed by atoms with Gasteiger partial charge in [0.15, 0.2) is 11.6 Å². The molecule has 2 rings (SSSR count).